The molecule has 2 aromatic carbocycles. The van der Waals surface area contributed by atoms with Crippen molar-refractivity contribution in [3.63, 3.8) is 0 Å². The molecule has 0 unspecified atom stereocenters. The van der Waals surface area contributed by atoms with Crippen molar-refractivity contribution in [1.29, 1.82) is 0 Å². The van der Waals surface area contributed by atoms with Crippen molar-refractivity contribution >= 4 is 11.8 Å². The predicted octanol–water partition coefficient (Wildman–Crippen LogP) is 6.30. The summed E-state index contributed by atoms with van der Waals surface area (Å²) in [6.07, 6.45) is -5.41. The minimum absolute atomic E-state index is 0.00982. The van der Waals surface area contributed by atoms with E-state index in [1.807, 2.05) is 0 Å². The van der Waals surface area contributed by atoms with E-state index in [0.717, 1.165) is 24.3 Å². The Morgan fingerprint density at radius 2 is 1.75 bits per heavy atom. The number of nitrogens with two attached hydrogens (primary N) is 1. The van der Waals surface area contributed by atoms with E-state index < -0.39 is 100 Å². The highest BCUT2D eigenvalue weighted by atomic mass is 19.4. The van der Waals surface area contributed by atoms with E-state index >= 15 is 8.78 Å². The number of carbonyl (C=O) groups is 2. The van der Waals surface area contributed by atoms with E-state index in [1.54, 1.807) is 0 Å². The highest BCUT2D eigenvalue weighted by molar-refractivity contribution is 5.94. The Morgan fingerprint density at radius 1 is 1.06 bits per heavy atom. The van der Waals surface area contributed by atoms with Crippen molar-refractivity contribution in [3.05, 3.63) is 105 Å². The minimum atomic E-state index is -5.08. The molecule has 4 N–H and O–H groups in total. The quantitative estimate of drug-likeness (QED) is 0.145. The molecule has 52 heavy (non-hydrogen) atoms. The highest BCUT2D eigenvalue weighted by Gasteiger charge is 2.63. The molecule has 0 bridgehead atoms. The number of amides is 2. The van der Waals surface area contributed by atoms with Crippen LogP contribution in [-0.4, -0.2) is 37.3 Å². The Labute approximate surface area is 291 Å². The van der Waals surface area contributed by atoms with E-state index in [1.165, 1.54) is 32.0 Å². The summed E-state index contributed by atoms with van der Waals surface area (Å²) in [5.74, 6) is -6.06. The van der Waals surface area contributed by atoms with Crippen LogP contribution in [0.25, 0.3) is 11.1 Å². The number of hydrogen-bond acceptors (Lipinski definition) is 5. The van der Waals surface area contributed by atoms with E-state index in [-0.39, 0.29) is 40.9 Å². The minimum Gasteiger partial charge on any atom is -0.378 e. The summed E-state index contributed by atoms with van der Waals surface area (Å²) in [4.78, 5) is 30.2. The number of halogens is 8. The first kappa shape index (κ1) is 36.5. The second-order valence-corrected chi connectivity index (χ2v) is 13.3. The van der Waals surface area contributed by atoms with Crippen LogP contribution < -0.4 is 11.1 Å². The summed E-state index contributed by atoms with van der Waals surface area (Å²) < 4.78 is 116. The molecule has 0 saturated heterocycles. The average molecular weight is 732 g/mol. The molecule has 2 aliphatic rings. The summed E-state index contributed by atoms with van der Waals surface area (Å²) in [5.41, 5.74) is 0.366. The third-order valence-corrected chi connectivity index (χ3v) is 8.97. The van der Waals surface area contributed by atoms with Gasteiger partial charge in [-0.1, -0.05) is 12.0 Å². The number of rotatable bonds is 8. The third-order valence-electron chi connectivity index (χ3n) is 8.97. The predicted molar refractivity (Wildman–Crippen MR) is 169 cm³/mol. The van der Waals surface area contributed by atoms with Crippen LogP contribution in [0.1, 0.15) is 82.9 Å². The highest BCUT2D eigenvalue weighted by Crippen LogP contribution is 2.64. The van der Waals surface area contributed by atoms with Gasteiger partial charge in [0, 0.05) is 23.1 Å². The van der Waals surface area contributed by atoms with Gasteiger partial charge in [0.1, 0.15) is 41.0 Å². The maximum atomic E-state index is 15.5. The summed E-state index contributed by atoms with van der Waals surface area (Å²) in [6.45, 7) is 1.69. The van der Waals surface area contributed by atoms with Crippen LogP contribution in [0, 0.1) is 35.2 Å². The van der Waals surface area contributed by atoms with Gasteiger partial charge in [-0.2, -0.15) is 27.1 Å². The van der Waals surface area contributed by atoms with Gasteiger partial charge in [0.05, 0.1) is 17.3 Å². The Morgan fingerprint density at radius 3 is 2.35 bits per heavy atom. The second kappa shape index (κ2) is 13.0. The fraction of sp³-hybridized carbons (Fsp3) is 0.333. The Hall–Kier alpha value is -5.30. The van der Waals surface area contributed by atoms with Crippen molar-refractivity contribution in [1.82, 2.24) is 20.1 Å². The maximum Gasteiger partial charge on any atom is 0.435 e. The molecule has 2 heterocycles. The zero-order valence-electron chi connectivity index (χ0n) is 27.4. The van der Waals surface area contributed by atoms with Crippen LogP contribution >= 0.6 is 0 Å². The molecule has 16 heteroatoms. The third kappa shape index (κ3) is 7.09. The molecule has 0 radical (unpaired) electrons. The van der Waals surface area contributed by atoms with Crippen LogP contribution in [0.15, 0.2) is 48.5 Å². The van der Waals surface area contributed by atoms with Crippen LogP contribution in [0.3, 0.4) is 0 Å². The Balaban J connectivity index is 1.47. The number of hydrogen-bond donors (Lipinski definition) is 3. The lowest BCUT2D eigenvalue weighted by atomic mass is 9.73. The number of benzene rings is 2. The van der Waals surface area contributed by atoms with Crippen LogP contribution in [0.4, 0.5) is 35.1 Å². The molecule has 8 nitrogen and oxygen atoms in total. The molecule has 1 fully saturated rings. The number of aliphatic hydroxyl groups is 1. The van der Waals surface area contributed by atoms with Crippen molar-refractivity contribution in [3.8, 4) is 23.0 Å². The first-order valence-electron chi connectivity index (χ1n) is 15.9. The summed E-state index contributed by atoms with van der Waals surface area (Å²) in [7, 11) is 0. The lowest BCUT2D eigenvalue weighted by Gasteiger charge is -2.34. The molecular formula is C36H29F8N5O3. The molecule has 2 aliphatic carbocycles. The number of aromatic nitrogens is 3. The fourth-order valence-corrected chi connectivity index (χ4v) is 6.67. The molecule has 3 atom stereocenters. The van der Waals surface area contributed by atoms with Crippen molar-refractivity contribution in [2.45, 2.75) is 69.3 Å². The molecule has 1 saturated carbocycles. The smallest absolute Gasteiger partial charge is 0.378 e. The number of alkyl halides is 5. The first-order chi connectivity index (χ1) is 24.2. The van der Waals surface area contributed by atoms with Gasteiger partial charge in [0.2, 0.25) is 5.91 Å². The van der Waals surface area contributed by atoms with Gasteiger partial charge in [-0.15, -0.1) is 0 Å². The van der Waals surface area contributed by atoms with Crippen molar-refractivity contribution < 1.29 is 49.8 Å². The van der Waals surface area contributed by atoms with E-state index in [9.17, 15) is 41.0 Å². The summed E-state index contributed by atoms with van der Waals surface area (Å²) >= 11 is 0. The number of nitrogens with one attached hydrogen (secondary N) is 1. The van der Waals surface area contributed by atoms with Crippen molar-refractivity contribution in [2.75, 3.05) is 0 Å². The standard InChI is InChI=1S/C36H29F8N5O3/c1-34(2,52)10-9-21-4-5-22(18-3-8-26(39)24(14-18)33(45)51)30(46-21)27(13-17-11-19(37)15-20(38)12-17)47-28(50)16-49-32-29(31(48-49)36(42,43)44)23-6-7-25(23)35(32,40)41/h3-5,8,11-12,14-15,23,25,27,52H,6-7,13,16H2,1-2H3,(H2,45,51)(H,47,50)/t23-,25+,27-/m0/s1. The average Bonchev–Trinajstić information content (AvgIpc) is 3.44. The van der Waals surface area contributed by atoms with Crippen molar-refractivity contribution in [2.24, 2.45) is 11.7 Å². The van der Waals surface area contributed by atoms with Gasteiger partial charge in [-0.05, 0) is 92.5 Å². The monoisotopic (exact) mass is 731 g/mol. The molecule has 4 aromatic rings. The number of fused-ring (bicyclic) bond motifs is 3. The van der Waals surface area contributed by atoms with Gasteiger partial charge in [0.15, 0.2) is 5.69 Å². The number of nitrogens with zero attached hydrogens (tertiary/aromatic N) is 3. The SMILES string of the molecule is CC(C)(O)C#Cc1ccc(-c2ccc(F)c(C(N)=O)c2)c([C@H](Cc2cc(F)cc(F)c2)NC(=O)Cn2nc(C(F)(F)F)c3c2C(F)(F)[C@@H]2CC[C@H]32)n1. The topological polar surface area (TPSA) is 123 Å². The normalized spacial score (nSPS) is 18.1. The van der Waals surface area contributed by atoms with Gasteiger partial charge in [0.25, 0.3) is 11.8 Å². The van der Waals surface area contributed by atoms with Gasteiger partial charge >= 0.3 is 6.18 Å². The lowest BCUT2D eigenvalue weighted by molar-refractivity contribution is -0.144. The molecule has 6 rings (SSSR count). The van der Waals surface area contributed by atoms with Gasteiger partial charge < -0.3 is 16.2 Å². The van der Waals surface area contributed by atoms with E-state index in [4.69, 9.17) is 5.73 Å². The summed E-state index contributed by atoms with van der Waals surface area (Å²) in [6, 6.07) is 7.22. The number of pyridine rings is 1. The first-order valence-corrected chi connectivity index (χ1v) is 15.9. The number of primary amides is 1. The van der Waals surface area contributed by atoms with E-state index in [2.05, 4.69) is 27.2 Å². The maximum absolute atomic E-state index is 15.5. The number of carbonyl (C=O) groups excluding carboxylic acids is 2. The fourth-order valence-electron chi connectivity index (χ4n) is 6.67. The molecule has 2 aromatic heterocycles. The molecule has 0 spiro atoms. The van der Waals surface area contributed by atoms with Gasteiger partial charge in [-0.25, -0.2) is 18.2 Å². The molecular weight excluding hydrogens is 702 g/mol. The molecule has 2 amide bonds. The zero-order chi connectivity index (χ0) is 37.9. The zero-order valence-corrected chi connectivity index (χ0v) is 27.4. The molecule has 272 valence electrons. The van der Waals surface area contributed by atoms with Crippen LogP contribution in [-0.2, 0) is 29.9 Å². The lowest BCUT2D eigenvalue weighted by Crippen LogP contribution is -2.36. The Kier molecular flexibility index (Phi) is 9.15. The largest absolute Gasteiger partial charge is 0.435 e. The summed E-state index contributed by atoms with van der Waals surface area (Å²) in [5, 5.41) is 16.1. The van der Waals surface area contributed by atoms with Crippen LogP contribution in [0.5, 0.6) is 0 Å². The second-order valence-electron chi connectivity index (χ2n) is 13.3. The van der Waals surface area contributed by atoms with E-state index in [0.29, 0.717) is 10.7 Å². The van der Waals surface area contributed by atoms with Gasteiger partial charge in [-0.3, -0.25) is 14.3 Å². The Bertz CT molecular complexity index is 2140. The van der Waals surface area contributed by atoms with Crippen LogP contribution in [0.2, 0.25) is 0 Å². The molecule has 0 aliphatic heterocycles.